The van der Waals surface area contributed by atoms with Crippen LogP contribution in [0, 0.1) is 11.7 Å². The van der Waals surface area contributed by atoms with Crippen molar-refractivity contribution < 1.29 is 13.7 Å². The van der Waals surface area contributed by atoms with E-state index in [1.807, 2.05) is 13.8 Å². The molecule has 0 saturated carbocycles. The smallest absolute Gasteiger partial charge is 0.123 e. The Balaban J connectivity index is 2.77. The Morgan fingerprint density at radius 1 is 1.38 bits per heavy atom. The van der Waals surface area contributed by atoms with E-state index in [0.29, 0.717) is 4.90 Å². The topological polar surface area (TPSA) is 37.3 Å². The first kappa shape index (κ1) is 13.3. The SMILES string of the molecule is CC(C)C(C)(O)CS(=O)c1ccc(F)cc1. The highest BCUT2D eigenvalue weighted by Gasteiger charge is 2.27. The fraction of sp³-hybridized carbons (Fsp3) is 0.500. The van der Waals surface area contributed by atoms with Crippen LogP contribution in [0.2, 0.25) is 0 Å². The lowest BCUT2D eigenvalue weighted by atomic mass is 9.95. The van der Waals surface area contributed by atoms with Gasteiger partial charge in [0.1, 0.15) is 5.82 Å². The molecule has 0 aromatic heterocycles. The quantitative estimate of drug-likeness (QED) is 0.882. The van der Waals surface area contributed by atoms with E-state index in [0.717, 1.165) is 0 Å². The summed E-state index contributed by atoms with van der Waals surface area (Å²) in [7, 11) is -1.30. The van der Waals surface area contributed by atoms with Crippen LogP contribution in [0.4, 0.5) is 4.39 Å². The summed E-state index contributed by atoms with van der Waals surface area (Å²) >= 11 is 0. The molecule has 0 spiro atoms. The molecule has 2 unspecified atom stereocenters. The van der Waals surface area contributed by atoms with E-state index >= 15 is 0 Å². The van der Waals surface area contributed by atoms with Crippen molar-refractivity contribution in [2.24, 2.45) is 5.92 Å². The maximum atomic E-state index is 12.7. The van der Waals surface area contributed by atoms with Crippen molar-refractivity contribution in [3.8, 4) is 0 Å². The van der Waals surface area contributed by atoms with Crippen LogP contribution in [-0.4, -0.2) is 20.7 Å². The van der Waals surface area contributed by atoms with Crippen LogP contribution in [0.25, 0.3) is 0 Å². The van der Waals surface area contributed by atoms with Gasteiger partial charge < -0.3 is 5.11 Å². The molecule has 1 N–H and O–H groups in total. The summed E-state index contributed by atoms with van der Waals surface area (Å²) in [6.45, 7) is 5.42. The Kier molecular flexibility index (Phi) is 4.21. The third kappa shape index (κ3) is 3.39. The normalized spacial score (nSPS) is 17.1. The van der Waals surface area contributed by atoms with Crippen molar-refractivity contribution in [3.63, 3.8) is 0 Å². The molecule has 1 aromatic rings. The number of hydrogen-bond donors (Lipinski definition) is 1. The maximum Gasteiger partial charge on any atom is 0.123 e. The highest BCUT2D eigenvalue weighted by molar-refractivity contribution is 7.85. The predicted octanol–water partition coefficient (Wildman–Crippen LogP) is 2.34. The number of hydrogen-bond acceptors (Lipinski definition) is 2. The van der Waals surface area contributed by atoms with Gasteiger partial charge in [-0.2, -0.15) is 0 Å². The summed E-state index contributed by atoms with van der Waals surface area (Å²) in [6.07, 6.45) is 0. The summed E-state index contributed by atoms with van der Waals surface area (Å²) in [4.78, 5) is 0.544. The predicted molar refractivity (Wildman–Crippen MR) is 63.1 cm³/mol. The molecule has 0 radical (unpaired) electrons. The van der Waals surface area contributed by atoms with Gasteiger partial charge >= 0.3 is 0 Å². The number of aliphatic hydroxyl groups is 1. The Bertz CT molecular complexity index is 371. The fourth-order valence-corrected chi connectivity index (χ4v) is 2.57. The minimum Gasteiger partial charge on any atom is -0.389 e. The third-order valence-corrected chi connectivity index (χ3v) is 4.39. The van der Waals surface area contributed by atoms with Gasteiger partial charge in [-0.3, -0.25) is 4.21 Å². The number of benzene rings is 1. The van der Waals surface area contributed by atoms with Gasteiger partial charge in [-0.15, -0.1) is 0 Å². The lowest BCUT2D eigenvalue weighted by molar-refractivity contribution is 0.0368. The lowest BCUT2D eigenvalue weighted by Gasteiger charge is -2.26. The minimum atomic E-state index is -1.30. The summed E-state index contributed by atoms with van der Waals surface area (Å²) in [6, 6.07) is 5.53. The molecule has 1 aromatic carbocycles. The molecule has 1 rings (SSSR count). The van der Waals surface area contributed by atoms with E-state index < -0.39 is 16.4 Å². The zero-order valence-electron chi connectivity index (χ0n) is 9.74. The first-order valence-corrected chi connectivity index (χ1v) is 6.51. The summed E-state index contributed by atoms with van der Waals surface area (Å²) in [5.41, 5.74) is -0.973. The Morgan fingerprint density at radius 2 is 1.88 bits per heavy atom. The van der Waals surface area contributed by atoms with Gasteiger partial charge in [0.25, 0.3) is 0 Å². The van der Waals surface area contributed by atoms with Crippen molar-refractivity contribution in [1.29, 1.82) is 0 Å². The van der Waals surface area contributed by atoms with Gasteiger partial charge in [-0.05, 0) is 37.1 Å². The standard InChI is InChI=1S/C12H17FO2S/c1-9(2)12(3,14)8-16(15)11-6-4-10(13)5-7-11/h4-7,9,14H,8H2,1-3H3. The average Bonchev–Trinajstić information content (AvgIpc) is 2.17. The highest BCUT2D eigenvalue weighted by atomic mass is 32.2. The van der Waals surface area contributed by atoms with Crippen LogP contribution in [0.5, 0.6) is 0 Å². The van der Waals surface area contributed by atoms with Crippen molar-refractivity contribution in [2.45, 2.75) is 31.3 Å². The molecule has 0 aliphatic carbocycles. The molecule has 16 heavy (non-hydrogen) atoms. The molecule has 0 amide bonds. The van der Waals surface area contributed by atoms with Crippen molar-refractivity contribution in [1.82, 2.24) is 0 Å². The van der Waals surface area contributed by atoms with Gasteiger partial charge in [-0.25, -0.2) is 4.39 Å². The summed E-state index contributed by atoms with van der Waals surface area (Å²) in [5, 5.41) is 10.0. The molecule has 2 atom stereocenters. The fourth-order valence-electron chi connectivity index (χ4n) is 1.10. The molecule has 0 aliphatic rings. The van der Waals surface area contributed by atoms with Crippen LogP contribution in [-0.2, 0) is 10.8 Å². The van der Waals surface area contributed by atoms with Gasteiger partial charge in [0.15, 0.2) is 0 Å². The van der Waals surface area contributed by atoms with Crippen LogP contribution < -0.4 is 0 Å². The van der Waals surface area contributed by atoms with E-state index in [4.69, 9.17) is 0 Å². The molecule has 4 heteroatoms. The number of halogens is 1. The lowest BCUT2D eigenvalue weighted by Crippen LogP contribution is -2.37. The van der Waals surface area contributed by atoms with Crippen LogP contribution >= 0.6 is 0 Å². The third-order valence-electron chi connectivity index (χ3n) is 2.74. The van der Waals surface area contributed by atoms with Gasteiger partial charge in [-0.1, -0.05) is 13.8 Å². The summed E-state index contributed by atoms with van der Waals surface area (Å²) in [5.74, 6) is -0.163. The number of rotatable bonds is 4. The Labute approximate surface area is 98.0 Å². The van der Waals surface area contributed by atoms with E-state index in [2.05, 4.69) is 0 Å². The highest BCUT2D eigenvalue weighted by Crippen LogP contribution is 2.20. The Morgan fingerprint density at radius 3 is 2.31 bits per heavy atom. The van der Waals surface area contributed by atoms with E-state index in [1.165, 1.54) is 24.3 Å². The zero-order chi connectivity index (χ0) is 12.3. The average molecular weight is 244 g/mol. The molecule has 90 valence electrons. The molecule has 0 saturated heterocycles. The van der Waals surface area contributed by atoms with Gasteiger partial charge in [0, 0.05) is 4.90 Å². The van der Waals surface area contributed by atoms with Crippen molar-refractivity contribution in [2.75, 3.05) is 5.75 Å². The van der Waals surface area contributed by atoms with Crippen molar-refractivity contribution in [3.05, 3.63) is 30.1 Å². The maximum absolute atomic E-state index is 12.7. The molecule has 0 bridgehead atoms. The molecular weight excluding hydrogens is 227 g/mol. The van der Waals surface area contributed by atoms with E-state index in [1.54, 1.807) is 6.92 Å². The minimum absolute atomic E-state index is 0.0249. The zero-order valence-corrected chi connectivity index (χ0v) is 10.6. The van der Waals surface area contributed by atoms with Crippen LogP contribution in [0.1, 0.15) is 20.8 Å². The first-order valence-electron chi connectivity index (χ1n) is 5.19. The van der Waals surface area contributed by atoms with Gasteiger partial charge in [0.05, 0.1) is 22.2 Å². The first-order chi connectivity index (χ1) is 7.33. The van der Waals surface area contributed by atoms with E-state index in [-0.39, 0.29) is 17.5 Å². The van der Waals surface area contributed by atoms with E-state index in [9.17, 15) is 13.7 Å². The Hall–Kier alpha value is -0.740. The second-order valence-corrected chi connectivity index (χ2v) is 5.91. The second-order valence-electron chi connectivity index (χ2n) is 4.46. The van der Waals surface area contributed by atoms with Crippen molar-refractivity contribution >= 4 is 10.8 Å². The molecule has 0 aliphatic heterocycles. The van der Waals surface area contributed by atoms with Gasteiger partial charge in [0.2, 0.25) is 0 Å². The van der Waals surface area contributed by atoms with Crippen LogP contribution in [0.15, 0.2) is 29.2 Å². The molecule has 2 nitrogen and oxygen atoms in total. The van der Waals surface area contributed by atoms with Crippen LogP contribution in [0.3, 0.4) is 0 Å². The largest absolute Gasteiger partial charge is 0.389 e. The monoisotopic (exact) mass is 244 g/mol. The molecule has 0 heterocycles. The molecular formula is C12H17FO2S. The second kappa shape index (κ2) is 5.06. The summed E-state index contributed by atoms with van der Waals surface area (Å²) < 4.78 is 24.6. The molecule has 0 fully saturated rings.